The molecular formula is C17H10Cl2N3O5-. The van der Waals surface area contributed by atoms with E-state index >= 15 is 0 Å². The lowest BCUT2D eigenvalue weighted by Gasteiger charge is -2.13. The van der Waals surface area contributed by atoms with E-state index in [9.17, 15) is 15.2 Å². The number of hydrogen-bond acceptors (Lipinski definition) is 7. The van der Waals surface area contributed by atoms with Gasteiger partial charge in [-0.2, -0.15) is 4.98 Å². The standard InChI is InChI=1S/C17H11Cl2N3O5/c1-26-14-8-9(7-13(15(14)23)22(24)25)6-12(19)17-20-16(21-27-17)10-4-2-3-5-11(10)18/h2-8,23H,1H3/p-1/b12-6-. The molecule has 0 radical (unpaired) electrons. The maximum absolute atomic E-state index is 11.9. The summed E-state index contributed by atoms with van der Waals surface area (Å²) in [5.74, 6) is -0.781. The molecule has 2 aromatic carbocycles. The predicted octanol–water partition coefficient (Wildman–Crippen LogP) is 4.12. The summed E-state index contributed by atoms with van der Waals surface area (Å²) in [4.78, 5) is 14.4. The summed E-state index contributed by atoms with van der Waals surface area (Å²) in [6.45, 7) is 0. The van der Waals surface area contributed by atoms with E-state index in [-0.39, 0.29) is 28.1 Å². The van der Waals surface area contributed by atoms with Gasteiger partial charge in [0.1, 0.15) is 10.8 Å². The van der Waals surface area contributed by atoms with E-state index in [1.165, 1.54) is 19.3 Å². The monoisotopic (exact) mass is 406 g/mol. The number of aromatic nitrogens is 2. The lowest BCUT2D eigenvalue weighted by molar-refractivity contribution is -0.398. The molecule has 0 atom stereocenters. The van der Waals surface area contributed by atoms with Gasteiger partial charge < -0.3 is 14.4 Å². The van der Waals surface area contributed by atoms with Gasteiger partial charge in [-0.1, -0.05) is 40.5 Å². The molecule has 1 aromatic heterocycles. The molecule has 0 aliphatic rings. The van der Waals surface area contributed by atoms with Gasteiger partial charge in [-0.25, -0.2) is 0 Å². The van der Waals surface area contributed by atoms with Crippen LogP contribution < -0.4 is 9.84 Å². The molecule has 3 rings (SSSR count). The van der Waals surface area contributed by atoms with Crippen LogP contribution in [0.25, 0.3) is 22.5 Å². The Hall–Kier alpha value is -3.10. The van der Waals surface area contributed by atoms with E-state index in [0.717, 1.165) is 6.07 Å². The molecule has 0 N–H and O–H groups in total. The summed E-state index contributed by atoms with van der Waals surface area (Å²) in [5.41, 5.74) is 0.194. The molecule has 0 unspecified atom stereocenters. The summed E-state index contributed by atoms with van der Waals surface area (Å²) in [6.07, 6.45) is 1.35. The van der Waals surface area contributed by atoms with Crippen molar-refractivity contribution < 1.29 is 19.3 Å². The number of ether oxygens (including phenoxy) is 1. The van der Waals surface area contributed by atoms with E-state index in [1.54, 1.807) is 24.3 Å². The highest BCUT2D eigenvalue weighted by molar-refractivity contribution is 6.50. The third kappa shape index (κ3) is 3.86. The molecule has 138 valence electrons. The van der Waals surface area contributed by atoms with Crippen molar-refractivity contribution in [3.63, 3.8) is 0 Å². The van der Waals surface area contributed by atoms with E-state index in [2.05, 4.69) is 10.1 Å². The Balaban J connectivity index is 1.98. The highest BCUT2D eigenvalue weighted by Gasteiger charge is 2.16. The molecule has 0 spiro atoms. The largest absolute Gasteiger partial charge is 0.865 e. The smallest absolute Gasteiger partial charge is 0.269 e. The second-order valence-corrected chi connectivity index (χ2v) is 6.04. The molecule has 3 aromatic rings. The average Bonchev–Trinajstić information content (AvgIpc) is 3.13. The van der Waals surface area contributed by atoms with Gasteiger partial charge in [0.05, 0.1) is 17.1 Å². The van der Waals surface area contributed by atoms with Crippen LogP contribution in [-0.4, -0.2) is 22.2 Å². The lowest BCUT2D eigenvalue weighted by atomic mass is 10.1. The fourth-order valence-electron chi connectivity index (χ4n) is 2.26. The number of nitro groups is 1. The maximum Gasteiger partial charge on any atom is 0.269 e. The van der Waals surface area contributed by atoms with Gasteiger partial charge in [0.15, 0.2) is 0 Å². The topological polar surface area (TPSA) is 114 Å². The predicted molar refractivity (Wildman–Crippen MR) is 97.6 cm³/mol. The lowest BCUT2D eigenvalue weighted by Crippen LogP contribution is -2.01. The van der Waals surface area contributed by atoms with E-state index in [4.69, 9.17) is 32.5 Å². The number of methoxy groups -OCH3 is 1. The Kier molecular flexibility index (Phi) is 5.29. The second-order valence-electron chi connectivity index (χ2n) is 5.22. The molecule has 0 bridgehead atoms. The molecular weight excluding hydrogens is 397 g/mol. The van der Waals surface area contributed by atoms with Gasteiger partial charge in [0.2, 0.25) is 5.82 Å². The van der Waals surface area contributed by atoms with E-state index < -0.39 is 16.4 Å². The first-order valence-electron chi connectivity index (χ1n) is 7.40. The van der Waals surface area contributed by atoms with Crippen LogP contribution in [0.3, 0.4) is 0 Å². The van der Waals surface area contributed by atoms with Crippen molar-refractivity contribution in [1.29, 1.82) is 0 Å². The van der Waals surface area contributed by atoms with Crippen LogP contribution >= 0.6 is 23.2 Å². The first kappa shape index (κ1) is 18.7. The van der Waals surface area contributed by atoms with Crippen LogP contribution in [0.15, 0.2) is 40.9 Å². The molecule has 8 nitrogen and oxygen atoms in total. The van der Waals surface area contributed by atoms with E-state index in [0.29, 0.717) is 10.6 Å². The van der Waals surface area contributed by atoms with Crippen LogP contribution in [0.1, 0.15) is 11.5 Å². The van der Waals surface area contributed by atoms with Crippen LogP contribution in [0, 0.1) is 10.1 Å². The molecule has 0 aliphatic carbocycles. The molecule has 0 amide bonds. The zero-order chi connectivity index (χ0) is 19.6. The zero-order valence-electron chi connectivity index (χ0n) is 13.7. The third-order valence-electron chi connectivity index (χ3n) is 3.51. The van der Waals surface area contributed by atoms with Crippen LogP contribution in [0.5, 0.6) is 11.5 Å². The van der Waals surface area contributed by atoms with E-state index in [1.807, 2.05) is 0 Å². The van der Waals surface area contributed by atoms with Gasteiger partial charge in [-0.05, 0) is 29.8 Å². The Morgan fingerprint density at radius 2 is 2.07 bits per heavy atom. The van der Waals surface area contributed by atoms with Gasteiger partial charge in [0.25, 0.3) is 11.6 Å². The van der Waals surface area contributed by atoms with Gasteiger partial charge in [-0.15, -0.1) is 0 Å². The zero-order valence-corrected chi connectivity index (χ0v) is 15.2. The van der Waals surface area contributed by atoms with Gasteiger partial charge in [-0.3, -0.25) is 10.1 Å². The molecule has 0 fully saturated rings. The van der Waals surface area contributed by atoms with Crippen molar-refractivity contribution in [2.24, 2.45) is 0 Å². The number of benzene rings is 2. The van der Waals surface area contributed by atoms with Gasteiger partial charge in [0, 0.05) is 17.4 Å². The van der Waals surface area contributed by atoms with Crippen LogP contribution in [-0.2, 0) is 0 Å². The second kappa shape index (κ2) is 7.65. The summed E-state index contributed by atoms with van der Waals surface area (Å²) in [5, 5.41) is 27.2. The van der Waals surface area contributed by atoms with Crippen molar-refractivity contribution in [2.45, 2.75) is 0 Å². The fraction of sp³-hybridized carbons (Fsp3) is 0.0588. The average molecular weight is 407 g/mol. The Morgan fingerprint density at radius 3 is 2.74 bits per heavy atom. The maximum atomic E-state index is 11.9. The van der Waals surface area contributed by atoms with Crippen molar-refractivity contribution >= 4 is 40.0 Å². The van der Waals surface area contributed by atoms with Crippen LogP contribution in [0.4, 0.5) is 5.69 Å². The summed E-state index contributed by atoms with van der Waals surface area (Å²) >= 11 is 12.3. The highest BCUT2D eigenvalue weighted by atomic mass is 35.5. The molecule has 0 saturated carbocycles. The molecule has 10 heteroatoms. The number of nitrogens with zero attached hydrogens (tertiary/aromatic N) is 3. The third-order valence-corrected chi connectivity index (χ3v) is 4.11. The number of rotatable bonds is 5. The number of nitro benzene ring substituents is 1. The number of hydrogen-bond donors (Lipinski definition) is 0. The fourth-order valence-corrected chi connectivity index (χ4v) is 2.68. The van der Waals surface area contributed by atoms with Crippen molar-refractivity contribution in [3.8, 4) is 22.9 Å². The Labute approximate surface area is 162 Å². The first-order chi connectivity index (χ1) is 12.9. The minimum Gasteiger partial charge on any atom is -0.865 e. The van der Waals surface area contributed by atoms with Gasteiger partial charge >= 0.3 is 0 Å². The molecule has 0 aliphatic heterocycles. The summed E-state index contributed by atoms with van der Waals surface area (Å²) in [6, 6.07) is 9.34. The van der Waals surface area contributed by atoms with Crippen molar-refractivity contribution in [1.82, 2.24) is 10.1 Å². The first-order valence-corrected chi connectivity index (χ1v) is 8.16. The SMILES string of the molecule is COc1cc(/C=C(\Cl)c2nc(-c3ccccc3Cl)no2)cc([N+](=O)[O-])c1[O-]. The van der Waals surface area contributed by atoms with Crippen molar-refractivity contribution in [3.05, 3.63) is 63.0 Å². The Bertz CT molecular complexity index is 1050. The minimum atomic E-state index is -0.824. The molecule has 0 saturated heterocycles. The highest BCUT2D eigenvalue weighted by Crippen LogP contribution is 2.36. The summed E-state index contributed by atoms with van der Waals surface area (Å²) in [7, 11) is 1.24. The summed E-state index contributed by atoms with van der Waals surface area (Å²) < 4.78 is 10.0. The van der Waals surface area contributed by atoms with Crippen LogP contribution in [0.2, 0.25) is 5.02 Å². The molecule has 1 heterocycles. The Morgan fingerprint density at radius 1 is 1.33 bits per heavy atom. The van der Waals surface area contributed by atoms with Crippen molar-refractivity contribution in [2.75, 3.05) is 7.11 Å². The normalized spacial score (nSPS) is 11.4. The number of halogens is 2. The molecule has 27 heavy (non-hydrogen) atoms. The quantitative estimate of drug-likeness (QED) is 0.462. The minimum absolute atomic E-state index is 0.0144.